The standard InChI is InChI=1S/C15H14N2O6/c1-10(14(18)16-9-13-3-2-8-22-13)23-15(19)11-4-6-12(7-5-11)17(20)21/h2-8,10H,9H2,1H3,(H,16,18)/t10-/m0/s1. The molecule has 1 atom stereocenters. The Kier molecular flexibility index (Phi) is 5.08. The van der Waals surface area contributed by atoms with Gasteiger partial charge in [0.1, 0.15) is 5.76 Å². The number of non-ortho nitro benzene ring substituents is 1. The van der Waals surface area contributed by atoms with E-state index in [1.807, 2.05) is 0 Å². The normalized spacial score (nSPS) is 11.5. The second-order valence-corrected chi connectivity index (χ2v) is 4.65. The zero-order valence-corrected chi connectivity index (χ0v) is 12.2. The highest BCUT2D eigenvalue weighted by molar-refractivity contribution is 5.92. The highest BCUT2D eigenvalue weighted by Gasteiger charge is 2.19. The molecule has 0 saturated carbocycles. The monoisotopic (exact) mass is 318 g/mol. The molecule has 120 valence electrons. The van der Waals surface area contributed by atoms with Gasteiger partial charge in [0, 0.05) is 12.1 Å². The summed E-state index contributed by atoms with van der Waals surface area (Å²) >= 11 is 0. The maximum atomic E-state index is 11.9. The van der Waals surface area contributed by atoms with Gasteiger partial charge in [-0.2, -0.15) is 0 Å². The van der Waals surface area contributed by atoms with E-state index in [1.165, 1.54) is 37.5 Å². The summed E-state index contributed by atoms with van der Waals surface area (Å²) < 4.78 is 10.1. The number of carbonyl (C=O) groups is 2. The molecular formula is C15H14N2O6. The van der Waals surface area contributed by atoms with Crippen LogP contribution in [0, 0.1) is 10.1 Å². The van der Waals surface area contributed by atoms with Crippen molar-refractivity contribution in [2.45, 2.75) is 19.6 Å². The van der Waals surface area contributed by atoms with Crippen LogP contribution < -0.4 is 5.32 Å². The molecule has 0 fully saturated rings. The van der Waals surface area contributed by atoms with Gasteiger partial charge in [-0.15, -0.1) is 0 Å². The Morgan fingerprint density at radius 1 is 1.30 bits per heavy atom. The van der Waals surface area contributed by atoms with Crippen LogP contribution in [0.4, 0.5) is 5.69 Å². The van der Waals surface area contributed by atoms with Crippen molar-refractivity contribution in [1.29, 1.82) is 0 Å². The lowest BCUT2D eigenvalue weighted by Gasteiger charge is -2.12. The van der Waals surface area contributed by atoms with Crippen LogP contribution in [0.5, 0.6) is 0 Å². The molecule has 0 aliphatic rings. The first-order valence-corrected chi connectivity index (χ1v) is 6.73. The molecule has 1 heterocycles. The number of nitro groups is 1. The third-order valence-electron chi connectivity index (χ3n) is 2.98. The fourth-order valence-corrected chi connectivity index (χ4v) is 1.73. The number of hydrogen-bond acceptors (Lipinski definition) is 6. The molecule has 1 aromatic heterocycles. The van der Waals surface area contributed by atoms with Crippen molar-refractivity contribution in [3.8, 4) is 0 Å². The van der Waals surface area contributed by atoms with Crippen LogP contribution in [-0.4, -0.2) is 22.9 Å². The quantitative estimate of drug-likeness (QED) is 0.495. The van der Waals surface area contributed by atoms with Gasteiger partial charge < -0.3 is 14.5 Å². The number of ether oxygens (including phenoxy) is 1. The number of esters is 1. The minimum absolute atomic E-state index is 0.126. The van der Waals surface area contributed by atoms with Gasteiger partial charge in [0.2, 0.25) is 0 Å². The summed E-state index contributed by atoms with van der Waals surface area (Å²) in [6.07, 6.45) is 0.479. The first-order chi connectivity index (χ1) is 11.0. The van der Waals surface area contributed by atoms with Gasteiger partial charge in [-0.1, -0.05) is 0 Å². The van der Waals surface area contributed by atoms with Crippen molar-refractivity contribution < 1.29 is 23.7 Å². The highest BCUT2D eigenvalue weighted by Crippen LogP contribution is 2.13. The molecule has 0 aliphatic heterocycles. The summed E-state index contributed by atoms with van der Waals surface area (Å²) in [6.45, 7) is 1.62. The molecule has 1 amide bonds. The zero-order chi connectivity index (χ0) is 16.8. The molecule has 1 aromatic carbocycles. The third-order valence-corrected chi connectivity index (χ3v) is 2.98. The molecule has 0 spiro atoms. The van der Waals surface area contributed by atoms with Crippen LogP contribution in [0.2, 0.25) is 0 Å². The average Bonchev–Trinajstić information content (AvgIpc) is 3.05. The van der Waals surface area contributed by atoms with E-state index in [4.69, 9.17) is 9.15 Å². The highest BCUT2D eigenvalue weighted by atomic mass is 16.6. The van der Waals surface area contributed by atoms with E-state index in [0.717, 1.165) is 0 Å². The third kappa shape index (κ3) is 4.40. The summed E-state index contributed by atoms with van der Waals surface area (Å²) in [5.74, 6) is -0.635. The Morgan fingerprint density at radius 3 is 2.57 bits per heavy atom. The number of nitrogens with one attached hydrogen (secondary N) is 1. The van der Waals surface area contributed by atoms with Crippen molar-refractivity contribution >= 4 is 17.6 Å². The van der Waals surface area contributed by atoms with E-state index >= 15 is 0 Å². The Labute approximate surface area is 131 Å². The lowest BCUT2D eigenvalue weighted by Crippen LogP contribution is -2.35. The molecule has 2 rings (SSSR count). The molecule has 0 unspecified atom stereocenters. The fourth-order valence-electron chi connectivity index (χ4n) is 1.73. The number of hydrogen-bond donors (Lipinski definition) is 1. The summed E-state index contributed by atoms with van der Waals surface area (Å²) in [5.41, 5.74) is -0.00734. The number of nitro benzene ring substituents is 1. The number of amides is 1. The predicted molar refractivity (Wildman–Crippen MR) is 78.5 cm³/mol. The van der Waals surface area contributed by atoms with Crippen molar-refractivity contribution in [1.82, 2.24) is 5.32 Å². The fraction of sp³-hybridized carbons (Fsp3) is 0.200. The van der Waals surface area contributed by atoms with E-state index in [9.17, 15) is 19.7 Å². The number of rotatable bonds is 6. The minimum atomic E-state index is -1.01. The van der Waals surface area contributed by atoms with Gasteiger partial charge in [0.05, 0.1) is 23.3 Å². The summed E-state index contributed by atoms with van der Waals surface area (Å²) in [7, 11) is 0. The van der Waals surface area contributed by atoms with Crippen LogP contribution in [0.3, 0.4) is 0 Å². The smallest absolute Gasteiger partial charge is 0.338 e. The van der Waals surface area contributed by atoms with Gasteiger partial charge in [-0.3, -0.25) is 14.9 Å². The first kappa shape index (κ1) is 16.2. The molecule has 0 bridgehead atoms. The topological polar surface area (TPSA) is 112 Å². The number of nitrogens with zero attached hydrogens (tertiary/aromatic N) is 1. The number of benzene rings is 1. The van der Waals surface area contributed by atoms with Gasteiger partial charge >= 0.3 is 5.97 Å². The van der Waals surface area contributed by atoms with Crippen molar-refractivity contribution in [3.05, 3.63) is 64.1 Å². The van der Waals surface area contributed by atoms with Crippen LogP contribution >= 0.6 is 0 Å². The van der Waals surface area contributed by atoms with E-state index in [2.05, 4.69) is 5.32 Å². The Morgan fingerprint density at radius 2 is 2.00 bits per heavy atom. The first-order valence-electron chi connectivity index (χ1n) is 6.73. The number of furan rings is 1. The molecule has 0 radical (unpaired) electrons. The molecule has 8 nitrogen and oxygen atoms in total. The lowest BCUT2D eigenvalue weighted by molar-refractivity contribution is -0.384. The molecular weight excluding hydrogens is 304 g/mol. The molecule has 0 aliphatic carbocycles. The van der Waals surface area contributed by atoms with Gasteiger partial charge in [0.15, 0.2) is 6.10 Å². The molecule has 8 heteroatoms. The van der Waals surface area contributed by atoms with Gasteiger partial charge in [-0.05, 0) is 31.2 Å². The minimum Gasteiger partial charge on any atom is -0.467 e. The molecule has 2 aromatic rings. The van der Waals surface area contributed by atoms with E-state index in [1.54, 1.807) is 12.1 Å². The van der Waals surface area contributed by atoms with E-state index < -0.39 is 22.9 Å². The van der Waals surface area contributed by atoms with Gasteiger partial charge in [-0.25, -0.2) is 4.79 Å². The van der Waals surface area contributed by atoms with Crippen molar-refractivity contribution in [3.63, 3.8) is 0 Å². The number of carbonyl (C=O) groups excluding carboxylic acids is 2. The largest absolute Gasteiger partial charge is 0.467 e. The van der Waals surface area contributed by atoms with E-state index in [-0.39, 0.29) is 17.8 Å². The van der Waals surface area contributed by atoms with Crippen LogP contribution in [-0.2, 0) is 16.1 Å². The Balaban J connectivity index is 1.88. The molecule has 23 heavy (non-hydrogen) atoms. The Bertz CT molecular complexity index is 693. The molecule has 1 N–H and O–H groups in total. The van der Waals surface area contributed by atoms with Crippen molar-refractivity contribution in [2.75, 3.05) is 0 Å². The predicted octanol–water partition coefficient (Wildman–Crippen LogP) is 2.05. The SMILES string of the molecule is C[C@H](OC(=O)c1ccc([N+](=O)[O-])cc1)C(=O)NCc1ccco1. The summed E-state index contributed by atoms with van der Waals surface area (Å²) in [6, 6.07) is 8.33. The molecule has 0 saturated heterocycles. The van der Waals surface area contributed by atoms with Gasteiger partial charge in [0.25, 0.3) is 11.6 Å². The van der Waals surface area contributed by atoms with Crippen LogP contribution in [0.1, 0.15) is 23.0 Å². The van der Waals surface area contributed by atoms with Crippen LogP contribution in [0.15, 0.2) is 47.1 Å². The lowest BCUT2D eigenvalue weighted by atomic mass is 10.2. The van der Waals surface area contributed by atoms with E-state index in [0.29, 0.717) is 5.76 Å². The average molecular weight is 318 g/mol. The summed E-state index contributed by atoms with van der Waals surface area (Å²) in [5, 5.41) is 13.1. The van der Waals surface area contributed by atoms with Crippen molar-refractivity contribution in [2.24, 2.45) is 0 Å². The summed E-state index contributed by atoms with van der Waals surface area (Å²) in [4.78, 5) is 33.7. The maximum Gasteiger partial charge on any atom is 0.338 e. The maximum absolute atomic E-state index is 11.9. The second kappa shape index (κ2) is 7.21. The Hall–Kier alpha value is -3.16. The van der Waals surface area contributed by atoms with Crippen LogP contribution in [0.25, 0.3) is 0 Å². The second-order valence-electron chi connectivity index (χ2n) is 4.65. The zero-order valence-electron chi connectivity index (χ0n) is 12.2.